The van der Waals surface area contributed by atoms with E-state index in [1.54, 1.807) is 0 Å². The lowest BCUT2D eigenvalue weighted by molar-refractivity contribution is 0.769. The second kappa shape index (κ2) is 5.15. The summed E-state index contributed by atoms with van der Waals surface area (Å²) in [6, 6.07) is 8.61. The van der Waals surface area contributed by atoms with Gasteiger partial charge in [0.15, 0.2) is 0 Å². The summed E-state index contributed by atoms with van der Waals surface area (Å²) < 4.78 is 1.86. The molecule has 1 aromatic carbocycles. The molecule has 3 nitrogen and oxygen atoms in total. The van der Waals surface area contributed by atoms with Gasteiger partial charge in [-0.25, -0.2) is 0 Å². The highest BCUT2D eigenvalue weighted by Gasteiger charge is 2.09. The highest BCUT2D eigenvalue weighted by molar-refractivity contribution is 5.63. The maximum atomic E-state index is 5.63. The van der Waals surface area contributed by atoms with Crippen molar-refractivity contribution in [2.45, 2.75) is 19.8 Å². The summed E-state index contributed by atoms with van der Waals surface area (Å²) in [5.74, 6) is 0. The first-order chi connectivity index (χ1) is 8.24. The first kappa shape index (κ1) is 11.9. The molecule has 1 heterocycles. The van der Waals surface area contributed by atoms with Gasteiger partial charge >= 0.3 is 0 Å². The molecule has 1 aromatic heterocycles. The van der Waals surface area contributed by atoms with Crippen LogP contribution in [0.5, 0.6) is 0 Å². The van der Waals surface area contributed by atoms with Crippen LogP contribution in [-0.2, 0) is 19.9 Å². The molecule has 0 aliphatic rings. The van der Waals surface area contributed by atoms with Crippen LogP contribution in [0, 0.1) is 0 Å². The van der Waals surface area contributed by atoms with Crippen molar-refractivity contribution in [3.05, 3.63) is 41.6 Å². The Hall–Kier alpha value is -1.61. The van der Waals surface area contributed by atoms with Crippen molar-refractivity contribution in [2.24, 2.45) is 12.8 Å². The van der Waals surface area contributed by atoms with Gasteiger partial charge in [0.25, 0.3) is 0 Å². The lowest BCUT2D eigenvalue weighted by Gasteiger charge is -2.02. The molecule has 2 rings (SSSR count). The van der Waals surface area contributed by atoms with Gasteiger partial charge in [-0.05, 0) is 30.5 Å². The molecular formula is C14H19N3. The third-order valence-electron chi connectivity index (χ3n) is 2.95. The molecular weight excluding hydrogens is 210 g/mol. The highest BCUT2D eigenvalue weighted by Crippen LogP contribution is 2.22. The zero-order valence-corrected chi connectivity index (χ0v) is 10.5. The van der Waals surface area contributed by atoms with E-state index in [9.17, 15) is 0 Å². The Morgan fingerprint density at radius 1 is 1.24 bits per heavy atom. The minimum Gasteiger partial charge on any atom is -0.330 e. The summed E-state index contributed by atoms with van der Waals surface area (Å²) >= 11 is 0. The molecule has 0 saturated carbocycles. The SMILES string of the molecule is CCc1ccc(-c2nn(C)cc2CCN)cc1. The van der Waals surface area contributed by atoms with Crippen molar-refractivity contribution in [1.29, 1.82) is 0 Å². The number of aryl methyl sites for hydroxylation is 2. The summed E-state index contributed by atoms with van der Waals surface area (Å²) in [4.78, 5) is 0. The van der Waals surface area contributed by atoms with Gasteiger partial charge in [-0.3, -0.25) is 4.68 Å². The normalized spacial score (nSPS) is 10.8. The minimum absolute atomic E-state index is 0.658. The number of nitrogens with two attached hydrogens (primary N) is 1. The van der Waals surface area contributed by atoms with Gasteiger partial charge in [-0.2, -0.15) is 5.10 Å². The third kappa shape index (κ3) is 2.56. The maximum absolute atomic E-state index is 5.63. The number of aromatic nitrogens is 2. The first-order valence-electron chi connectivity index (χ1n) is 6.06. The van der Waals surface area contributed by atoms with Crippen molar-refractivity contribution in [1.82, 2.24) is 9.78 Å². The largest absolute Gasteiger partial charge is 0.330 e. The monoisotopic (exact) mass is 229 g/mol. The van der Waals surface area contributed by atoms with Crippen LogP contribution in [0.15, 0.2) is 30.5 Å². The Kier molecular flexibility index (Phi) is 3.59. The molecule has 0 spiro atoms. The van der Waals surface area contributed by atoms with Gasteiger partial charge in [0.2, 0.25) is 0 Å². The number of hydrogen-bond donors (Lipinski definition) is 1. The molecule has 0 bridgehead atoms. The van der Waals surface area contributed by atoms with Crippen LogP contribution in [0.3, 0.4) is 0 Å². The fraction of sp³-hybridized carbons (Fsp3) is 0.357. The topological polar surface area (TPSA) is 43.8 Å². The Morgan fingerprint density at radius 3 is 2.53 bits per heavy atom. The van der Waals surface area contributed by atoms with E-state index in [0.717, 1.165) is 18.5 Å². The van der Waals surface area contributed by atoms with Crippen LogP contribution in [-0.4, -0.2) is 16.3 Å². The molecule has 0 radical (unpaired) electrons. The Balaban J connectivity index is 2.37. The molecule has 0 unspecified atom stereocenters. The summed E-state index contributed by atoms with van der Waals surface area (Å²) in [7, 11) is 1.95. The lowest BCUT2D eigenvalue weighted by atomic mass is 10.0. The van der Waals surface area contributed by atoms with Crippen LogP contribution in [0.25, 0.3) is 11.3 Å². The number of rotatable bonds is 4. The van der Waals surface area contributed by atoms with Crippen molar-refractivity contribution < 1.29 is 0 Å². The fourth-order valence-electron chi connectivity index (χ4n) is 2.02. The summed E-state index contributed by atoms with van der Waals surface area (Å²) in [6.45, 7) is 2.82. The molecule has 0 saturated heterocycles. The summed E-state index contributed by atoms with van der Waals surface area (Å²) in [6.07, 6.45) is 3.99. The smallest absolute Gasteiger partial charge is 0.0955 e. The molecule has 3 heteroatoms. The summed E-state index contributed by atoms with van der Waals surface area (Å²) in [5.41, 5.74) is 10.4. The van der Waals surface area contributed by atoms with Crippen molar-refractivity contribution >= 4 is 0 Å². The maximum Gasteiger partial charge on any atom is 0.0955 e. The Bertz CT molecular complexity index is 483. The van der Waals surface area contributed by atoms with Crippen LogP contribution >= 0.6 is 0 Å². The van der Waals surface area contributed by atoms with E-state index < -0.39 is 0 Å². The number of nitrogens with zero attached hydrogens (tertiary/aromatic N) is 2. The fourth-order valence-corrected chi connectivity index (χ4v) is 2.02. The third-order valence-corrected chi connectivity index (χ3v) is 2.95. The predicted molar refractivity (Wildman–Crippen MR) is 70.8 cm³/mol. The molecule has 17 heavy (non-hydrogen) atoms. The summed E-state index contributed by atoms with van der Waals surface area (Å²) in [5, 5.41) is 4.52. The van der Waals surface area contributed by atoms with Gasteiger partial charge in [0, 0.05) is 18.8 Å². The van der Waals surface area contributed by atoms with E-state index in [-0.39, 0.29) is 0 Å². The Labute approximate surface area is 102 Å². The van der Waals surface area contributed by atoms with Gasteiger partial charge in [0.05, 0.1) is 5.69 Å². The van der Waals surface area contributed by atoms with Gasteiger partial charge < -0.3 is 5.73 Å². The molecule has 0 aliphatic carbocycles. The van der Waals surface area contributed by atoms with Crippen LogP contribution in [0.4, 0.5) is 0 Å². The molecule has 2 N–H and O–H groups in total. The molecule has 0 amide bonds. The Morgan fingerprint density at radius 2 is 1.94 bits per heavy atom. The van der Waals surface area contributed by atoms with Crippen LogP contribution in [0.2, 0.25) is 0 Å². The lowest BCUT2D eigenvalue weighted by Crippen LogP contribution is -2.02. The second-order valence-corrected chi connectivity index (χ2v) is 4.27. The zero-order chi connectivity index (χ0) is 12.3. The van der Waals surface area contributed by atoms with E-state index in [1.807, 2.05) is 11.7 Å². The van der Waals surface area contributed by atoms with Crippen molar-refractivity contribution in [3.63, 3.8) is 0 Å². The second-order valence-electron chi connectivity index (χ2n) is 4.27. The van der Waals surface area contributed by atoms with Gasteiger partial charge in [-0.1, -0.05) is 31.2 Å². The average Bonchev–Trinajstić information content (AvgIpc) is 2.71. The van der Waals surface area contributed by atoms with E-state index in [1.165, 1.54) is 16.7 Å². The molecule has 0 atom stereocenters. The molecule has 0 aliphatic heterocycles. The van der Waals surface area contributed by atoms with Crippen molar-refractivity contribution in [2.75, 3.05) is 6.54 Å². The predicted octanol–water partition coefficient (Wildman–Crippen LogP) is 2.15. The quantitative estimate of drug-likeness (QED) is 0.873. The standard InChI is InChI=1S/C14H19N3/c1-3-11-4-6-12(7-5-11)14-13(8-9-15)10-17(2)16-14/h4-7,10H,3,8-9,15H2,1-2H3. The van der Waals surface area contributed by atoms with Crippen molar-refractivity contribution in [3.8, 4) is 11.3 Å². The minimum atomic E-state index is 0.658. The van der Waals surface area contributed by atoms with Gasteiger partial charge in [-0.15, -0.1) is 0 Å². The van der Waals surface area contributed by atoms with E-state index in [0.29, 0.717) is 6.54 Å². The number of benzene rings is 1. The van der Waals surface area contributed by atoms with E-state index in [4.69, 9.17) is 5.73 Å². The van der Waals surface area contributed by atoms with E-state index >= 15 is 0 Å². The zero-order valence-electron chi connectivity index (χ0n) is 10.5. The first-order valence-corrected chi connectivity index (χ1v) is 6.06. The molecule has 0 fully saturated rings. The number of hydrogen-bond acceptors (Lipinski definition) is 2. The molecule has 2 aromatic rings. The van der Waals surface area contributed by atoms with Crippen LogP contribution in [0.1, 0.15) is 18.1 Å². The van der Waals surface area contributed by atoms with Crippen LogP contribution < -0.4 is 5.73 Å². The molecule has 90 valence electrons. The van der Waals surface area contributed by atoms with Gasteiger partial charge in [0.1, 0.15) is 0 Å². The van der Waals surface area contributed by atoms with E-state index in [2.05, 4.69) is 42.5 Å². The average molecular weight is 229 g/mol. The highest BCUT2D eigenvalue weighted by atomic mass is 15.2.